The Balaban J connectivity index is 2.55. The Labute approximate surface area is 106 Å². The van der Waals surface area contributed by atoms with Crippen molar-refractivity contribution in [3.8, 4) is 5.75 Å². The van der Waals surface area contributed by atoms with Crippen molar-refractivity contribution in [3.05, 3.63) is 28.3 Å². The molecule has 0 aliphatic carbocycles. The number of hydrogen-bond donors (Lipinski definition) is 2. The van der Waals surface area contributed by atoms with Gasteiger partial charge in [-0.3, -0.25) is 4.79 Å². The first-order chi connectivity index (χ1) is 8.04. The van der Waals surface area contributed by atoms with Gasteiger partial charge in [-0.25, -0.2) is 0 Å². The molecule has 1 rings (SSSR count). The van der Waals surface area contributed by atoms with Gasteiger partial charge in [0.2, 0.25) is 0 Å². The number of ether oxygens (including phenoxy) is 1. The first kappa shape index (κ1) is 13.8. The van der Waals surface area contributed by atoms with E-state index in [0.717, 1.165) is 16.1 Å². The average Bonchev–Trinajstić information content (AvgIpc) is 2.30. The smallest absolute Gasteiger partial charge is 0.257 e. The zero-order chi connectivity index (χ0) is 12.8. The van der Waals surface area contributed by atoms with Gasteiger partial charge in [0.1, 0.15) is 5.75 Å². The summed E-state index contributed by atoms with van der Waals surface area (Å²) in [4.78, 5) is 11.3. The number of carbonyl (C=O) groups is 1. The molecule has 0 atom stereocenters. The summed E-state index contributed by atoms with van der Waals surface area (Å²) in [5, 5.41) is 3.35. The van der Waals surface area contributed by atoms with Crippen LogP contribution in [-0.2, 0) is 4.79 Å². The molecular formula is C12H17ClN2O2. The van der Waals surface area contributed by atoms with Crippen molar-refractivity contribution in [2.75, 3.05) is 19.7 Å². The molecule has 0 radical (unpaired) electrons. The van der Waals surface area contributed by atoms with Crippen LogP contribution in [0.25, 0.3) is 0 Å². The lowest BCUT2D eigenvalue weighted by atomic mass is 10.1. The molecule has 0 heterocycles. The predicted octanol–water partition coefficient (Wildman–Crippen LogP) is 1.41. The van der Waals surface area contributed by atoms with Crippen LogP contribution in [0.4, 0.5) is 0 Å². The maximum absolute atomic E-state index is 11.3. The van der Waals surface area contributed by atoms with Crippen LogP contribution in [0.1, 0.15) is 11.1 Å². The number of halogens is 1. The molecule has 0 aliphatic heterocycles. The molecule has 1 amide bonds. The van der Waals surface area contributed by atoms with Crippen molar-refractivity contribution in [1.82, 2.24) is 5.32 Å². The zero-order valence-corrected chi connectivity index (χ0v) is 10.8. The highest BCUT2D eigenvalue weighted by Crippen LogP contribution is 2.25. The Bertz CT molecular complexity index is 384. The average molecular weight is 257 g/mol. The molecule has 5 heteroatoms. The van der Waals surface area contributed by atoms with E-state index < -0.39 is 0 Å². The van der Waals surface area contributed by atoms with Crippen LogP contribution < -0.4 is 15.8 Å². The molecule has 0 aliphatic rings. The second kappa shape index (κ2) is 6.47. The number of amides is 1. The van der Waals surface area contributed by atoms with Gasteiger partial charge in [0.25, 0.3) is 5.91 Å². The number of nitrogens with two attached hydrogens (primary N) is 1. The highest BCUT2D eigenvalue weighted by atomic mass is 35.5. The quantitative estimate of drug-likeness (QED) is 0.837. The summed E-state index contributed by atoms with van der Waals surface area (Å²) < 4.78 is 5.37. The maximum atomic E-state index is 11.3. The molecule has 0 bridgehead atoms. The first-order valence-electron chi connectivity index (χ1n) is 5.41. The van der Waals surface area contributed by atoms with Crippen LogP contribution in [0.5, 0.6) is 5.75 Å². The van der Waals surface area contributed by atoms with E-state index in [1.165, 1.54) is 0 Å². The minimum absolute atomic E-state index is 0.0134. The van der Waals surface area contributed by atoms with Crippen LogP contribution in [0.15, 0.2) is 12.1 Å². The van der Waals surface area contributed by atoms with E-state index in [2.05, 4.69) is 5.32 Å². The third kappa shape index (κ3) is 4.24. The molecule has 17 heavy (non-hydrogen) atoms. The molecule has 94 valence electrons. The lowest BCUT2D eigenvalue weighted by molar-refractivity contribution is -0.123. The molecule has 1 aromatic rings. The lowest BCUT2D eigenvalue weighted by Gasteiger charge is -2.10. The van der Waals surface area contributed by atoms with E-state index in [1.54, 1.807) is 0 Å². The molecule has 0 fully saturated rings. The topological polar surface area (TPSA) is 64.3 Å². The van der Waals surface area contributed by atoms with Crippen LogP contribution in [0, 0.1) is 13.8 Å². The van der Waals surface area contributed by atoms with E-state index >= 15 is 0 Å². The van der Waals surface area contributed by atoms with Crippen LogP contribution in [-0.4, -0.2) is 25.6 Å². The highest BCUT2D eigenvalue weighted by Gasteiger charge is 2.05. The summed E-state index contributed by atoms with van der Waals surface area (Å²) in [6, 6.07) is 3.62. The second-order valence-electron chi connectivity index (χ2n) is 3.80. The van der Waals surface area contributed by atoms with E-state index in [9.17, 15) is 4.79 Å². The van der Waals surface area contributed by atoms with Crippen LogP contribution in [0.3, 0.4) is 0 Å². The fourth-order valence-electron chi connectivity index (χ4n) is 1.40. The fourth-order valence-corrected chi connectivity index (χ4v) is 1.51. The van der Waals surface area contributed by atoms with Crippen molar-refractivity contribution in [3.63, 3.8) is 0 Å². The number of hydrogen-bond acceptors (Lipinski definition) is 3. The number of carbonyl (C=O) groups excluding carboxylic acids is 1. The van der Waals surface area contributed by atoms with E-state index in [1.807, 2.05) is 26.0 Å². The van der Waals surface area contributed by atoms with E-state index in [-0.39, 0.29) is 12.5 Å². The second-order valence-corrected chi connectivity index (χ2v) is 4.18. The zero-order valence-electron chi connectivity index (χ0n) is 10.0. The Kier molecular flexibility index (Phi) is 5.25. The highest BCUT2D eigenvalue weighted by molar-refractivity contribution is 6.32. The maximum Gasteiger partial charge on any atom is 0.257 e. The lowest BCUT2D eigenvalue weighted by Crippen LogP contribution is -2.32. The molecule has 0 aromatic heterocycles. The number of aryl methyl sites for hydroxylation is 2. The summed E-state index contributed by atoms with van der Waals surface area (Å²) in [6.45, 7) is 4.67. The molecule has 0 unspecified atom stereocenters. The van der Waals surface area contributed by atoms with Gasteiger partial charge in [-0.1, -0.05) is 11.6 Å². The molecule has 4 nitrogen and oxygen atoms in total. The summed E-state index contributed by atoms with van der Waals surface area (Å²) in [5.74, 6) is 0.466. The summed E-state index contributed by atoms with van der Waals surface area (Å²) in [6.07, 6.45) is 0. The van der Waals surface area contributed by atoms with Crippen molar-refractivity contribution in [2.45, 2.75) is 13.8 Å². The van der Waals surface area contributed by atoms with Crippen molar-refractivity contribution in [2.24, 2.45) is 5.73 Å². The molecule has 0 saturated carbocycles. The van der Waals surface area contributed by atoms with Crippen molar-refractivity contribution in [1.29, 1.82) is 0 Å². The van der Waals surface area contributed by atoms with Gasteiger partial charge in [-0.05, 0) is 37.1 Å². The molecule has 0 spiro atoms. The minimum atomic E-state index is -0.180. The Morgan fingerprint density at radius 3 is 2.53 bits per heavy atom. The Morgan fingerprint density at radius 2 is 2.00 bits per heavy atom. The summed E-state index contributed by atoms with van der Waals surface area (Å²) in [7, 11) is 0. The van der Waals surface area contributed by atoms with Crippen molar-refractivity contribution >= 4 is 17.5 Å². The van der Waals surface area contributed by atoms with Crippen LogP contribution in [0.2, 0.25) is 5.02 Å². The van der Waals surface area contributed by atoms with Gasteiger partial charge >= 0.3 is 0 Å². The van der Waals surface area contributed by atoms with Crippen molar-refractivity contribution < 1.29 is 9.53 Å². The number of benzene rings is 1. The summed E-state index contributed by atoms with van der Waals surface area (Å²) in [5.41, 5.74) is 7.14. The Morgan fingerprint density at radius 1 is 1.41 bits per heavy atom. The van der Waals surface area contributed by atoms with Gasteiger partial charge in [0, 0.05) is 18.1 Å². The third-order valence-corrected chi connectivity index (χ3v) is 2.84. The van der Waals surface area contributed by atoms with Gasteiger partial charge in [-0.2, -0.15) is 0 Å². The van der Waals surface area contributed by atoms with Gasteiger partial charge in [0.15, 0.2) is 6.61 Å². The molecule has 0 saturated heterocycles. The fraction of sp³-hybridized carbons (Fsp3) is 0.417. The predicted molar refractivity (Wildman–Crippen MR) is 68.5 cm³/mol. The number of nitrogens with one attached hydrogen (secondary N) is 1. The third-order valence-electron chi connectivity index (χ3n) is 2.25. The molecule has 1 aromatic carbocycles. The van der Waals surface area contributed by atoms with Gasteiger partial charge in [0.05, 0.1) is 0 Å². The Hall–Kier alpha value is -1.26. The van der Waals surface area contributed by atoms with Gasteiger partial charge in [-0.15, -0.1) is 0 Å². The van der Waals surface area contributed by atoms with E-state index in [4.69, 9.17) is 22.1 Å². The first-order valence-corrected chi connectivity index (χ1v) is 5.78. The largest absolute Gasteiger partial charge is 0.484 e. The molecular weight excluding hydrogens is 240 g/mol. The normalized spacial score (nSPS) is 10.1. The van der Waals surface area contributed by atoms with E-state index in [0.29, 0.717) is 18.8 Å². The monoisotopic (exact) mass is 256 g/mol. The summed E-state index contributed by atoms with van der Waals surface area (Å²) >= 11 is 6.03. The molecule has 3 N–H and O–H groups in total. The van der Waals surface area contributed by atoms with Crippen LogP contribution >= 0.6 is 11.6 Å². The number of rotatable bonds is 5. The minimum Gasteiger partial charge on any atom is -0.484 e. The van der Waals surface area contributed by atoms with Gasteiger partial charge < -0.3 is 15.8 Å². The standard InChI is InChI=1S/C12H17ClN2O2/c1-8-5-10(6-9(2)12(8)13)17-7-11(16)15-4-3-14/h5-6H,3-4,7,14H2,1-2H3,(H,15,16). The SMILES string of the molecule is Cc1cc(OCC(=O)NCCN)cc(C)c1Cl.